The van der Waals surface area contributed by atoms with Gasteiger partial charge in [0, 0.05) is 23.3 Å². The normalized spacial score (nSPS) is 12.3. The molecule has 20 heavy (non-hydrogen) atoms. The number of fused-ring (bicyclic) bond motifs is 1. The molecular weight excluding hydrogens is 244 g/mol. The first-order valence-electron chi connectivity index (χ1n) is 6.91. The lowest BCUT2D eigenvalue weighted by Gasteiger charge is -2.19. The average Bonchev–Trinajstić information content (AvgIpc) is 2.48. The molecule has 0 fully saturated rings. The molecule has 0 aliphatic heterocycles. The van der Waals surface area contributed by atoms with Crippen molar-refractivity contribution in [3.8, 4) is 0 Å². The molecule has 3 aromatic rings. The van der Waals surface area contributed by atoms with Gasteiger partial charge < -0.3 is 5.32 Å². The van der Waals surface area contributed by atoms with Crippen LogP contribution in [0.5, 0.6) is 0 Å². The summed E-state index contributed by atoms with van der Waals surface area (Å²) < 4.78 is 0. The summed E-state index contributed by atoms with van der Waals surface area (Å²) in [6, 6.07) is 19.0. The van der Waals surface area contributed by atoms with Crippen molar-refractivity contribution in [2.75, 3.05) is 5.32 Å². The molecule has 0 aliphatic rings. The predicted octanol–water partition coefficient (Wildman–Crippen LogP) is 4.72. The molecule has 0 saturated heterocycles. The van der Waals surface area contributed by atoms with Crippen LogP contribution in [0.3, 0.4) is 0 Å². The topological polar surface area (TPSA) is 24.9 Å². The lowest BCUT2D eigenvalue weighted by Crippen LogP contribution is -2.08. The fourth-order valence-electron chi connectivity index (χ4n) is 2.61. The van der Waals surface area contributed by atoms with Crippen molar-refractivity contribution in [1.82, 2.24) is 4.98 Å². The average molecular weight is 262 g/mol. The van der Waals surface area contributed by atoms with E-state index in [-0.39, 0.29) is 6.04 Å². The van der Waals surface area contributed by atoms with Gasteiger partial charge in [0.25, 0.3) is 0 Å². The standard InChI is InChI=1S/C18H18N2/c1-13-7-3-4-8-15(13)14(2)20-18-11-12-19-17-10-6-5-9-16(17)18/h3-12,14H,1-2H3,(H,19,20). The summed E-state index contributed by atoms with van der Waals surface area (Å²) in [5.41, 5.74) is 4.79. The third-order valence-electron chi connectivity index (χ3n) is 3.68. The lowest BCUT2D eigenvalue weighted by atomic mass is 10.0. The zero-order chi connectivity index (χ0) is 13.9. The van der Waals surface area contributed by atoms with Gasteiger partial charge in [0.1, 0.15) is 0 Å². The summed E-state index contributed by atoms with van der Waals surface area (Å²) in [4.78, 5) is 4.40. The van der Waals surface area contributed by atoms with E-state index in [1.54, 1.807) is 0 Å². The monoisotopic (exact) mass is 262 g/mol. The summed E-state index contributed by atoms with van der Waals surface area (Å²) in [5.74, 6) is 0. The zero-order valence-electron chi connectivity index (χ0n) is 11.8. The molecule has 1 atom stereocenters. The van der Waals surface area contributed by atoms with Gasteiger partial charge >= 0.3 is 0 Å². The van der Waals surface area contributed by atoms with Crippen molar-refractivity contribution in [3.63, 3.8) is 0 Å². The summed E-state index contributed by atoms with van der Waals surface area (Å²) in [6.45, 7) is 4.34. The maximum atomic E-state index is 4.40. The van der Waals surface area contributed by atoms with E-state index in [2.05, 4.69) is 54.5 Å². The van der Waals surface area contributed by atoms with Crippen molar-refractivity contribution < 1.29 is 0 Å². The summed E-state index contributed by atoms with van der Waals surface area (Å²) >= 11 is 0. The number of pyridine rings is 1. The van der Waals surface area contributed by atoms with E-state index in [1.165, 1.54) is 11.1 Å². The third-order valence-corrected chi connectivity index (χ3v) is 3.68. The van der Waals surface area contributed by atoms with Crippen LogP contribution in [0.1, 0.15) is 24.1 Å². The highest BCUT2D eigenvalue weighted by atomic mass is 14.9. The highest BCUT2D eigenvalue weighted by molar-refractivity contribution is 5.91. The molecule has 0 saturated carbocycles. The molecule has 1 aromatic heterocycles. The van der Waals surface area contributed by atoms with Crippen molar-refractivity contribution in [3.05, 3.63) is 71.9 Å². The second-order valence-corrected chi connectivity index (χ2v) is 5.10. The maximum Gasteiger partial charge on any atom is 0.0722 e. The minimum atomic E-state index is 0.266. The Hall–Kier alpha value is -2.35. The molecular formula is C18H18N2. The van der Waals surface area contributed by atoms with E-state index in [0.29, 0.717) is 0 Å². The molecule has 0 radical (unpaired) electrons. The Morgan fingerprint density at radius 2 is 1.70 bits per heavy atom. The van der Waals surface area contributed by atoms with Crippen LogP contribution in [-0.4, -0.2) is 4.98 Å². The number of anilines is 1. The van der Waals surface area contributed by atoms with Crippen LogP contribution in [0, 0.1) is 6.92 Å². The molecule has 0 aliphatic carbocycles. The Labute approximate surface area is 119 Å². The van der Waals surface area contributed by atoms with E-state index in [1.807, 2.05) is 30.5 Å². The van der Waals surface area contributed by atoms with Crippen molar-refractivity contribution >= 4 is 16.6 Å². The lowest BCUT2D eigenvalue weighted by molar-refractivity contribution is 0.876. The van der Waals surface area contributed by atoms with Crippen LogP contribution in [0.2, 0.25) is 0 Å². The van der Waals surface area contributed by atoms with Gasteiger partial charge in [0.15, 0.2) is 0 Å². The largest absolute Gasteiger partial charge is 0.378 e. The van der Waals surface area contributed by atoms with Gasteiger partial charge in [0.05, 0.1) is 5.52 Å². The number of aromatic nitrogens is 1. The van der Waals surface area contributed by atoms with Gasteiger partial charge in [-0.2, -0.15) is 0 Å². The highest BCUT2D eigenvalue weighted by Gasteiger charge is 2.09. The smallest absolute Gasteiger partial charge is 0.0722 e. The number of benzene rings is 2. The Morgan fingerprint density at radius 3 is 2.55 bits per heavy atom. The molecule has 0 bridgehead atoms. The van der Waals surface area contributed by atoms with Gasteiger partial charge in [-0.3, -0.25) is 4.98 Å². The number of rotatable bonds is 3. The summed E-state index contributed by atoms with van der Waals surface area (Å²) in [5, 5.41) is 4.76. The quantitative estimate of drug-likeness (QED) is 0.739. The Kier molecular flexibility index (Phi) is 3.38. The molecule has 0 spiro atoms. The van der Waals surface area contributed by atoms with Gasteiger partial charge in [-0.1, -0.05) is 42.5 Å². The first-order chi connectivity index (χ1) is 9.75. The molecule has 100 valence electrons. The van der Waals surface area contributed by atoms with Gasteiger partial charge in [-0.25, -0.2) is 0 Å². The molecule has 2 nitrogen and oxygen atoms in total. The minimum Gasteiger partial charge on any atom is -0.378 e. The van der Waals surface area contributed by atoms with Crippen LogP contribution in [-0.2, 0) is 0 Å². The van der Waals surface area contributed by atoms with E-state index in [4.69, 9.17) is 0 Å². The van der Waals surface area contributed by atoms with Gasteiger partial charge in [-0.05, 0) is 37.1 Å². The number of nitrogens with one attached hydrogen (secondary N) is 1. The Morgan fingerprint density at radius 1 is 0.950 bits per heavy atom. The summed E-state index contributed by atoms with van der Waals surface area (Å²) in [6.07, 6.45) is 1.86. The number of nitrogens with zero attached hydrogens (tertiary/aromatic N) is 1. The maximum absolute atomic E-state index is 4.40. The minimum absolute atomic E-state index is 0.266. The number of hydrogen-bond acceptors (Lipinski definition) is 2. The molecule has 1 N–H and O–H groups in total. The Balaban J connectivity index is 1.96. The van der Waals surface area contributed by atoms with Crippen molar-refractivity contribution in [2.24, 2.45) is 0 Å². The molecule has 0 amide bonds. The molecule has 3 rings (SSSR count). The van der Waals surface area contributed by atoms with Crippen LogP contribution in [0.25, 0.3) is 10.9 Å². The van der Waals surface area contributed by atoms with Gasteiger partial charge in [0.2, 0.25) is 0 Å². The van der Waals surface area contributed by atoms with E-state index >= 15 is 0 Å². The SMILES string of the molecule is Cc1ccccc1C(C)Nc1ccnc2ccccc12. The molecule has 2 aromatic carbocycles. The van der Waals surface area contributed by atoms with Crippen molar-refractivity contribution in [1.29, 1.82) is 0 Å². The molecule has 1 unspecified atom stereocenters. The van der Waals surface area contributed by atoms with Crippen LogP contribution >= 0.6 is 0 Å². The zero-order valence-corrected chi connectivity index (χ0v) is 11.8. The fraction of sp³-hybridized carbons (Fsp3) is 0.167. The van der Waals surface area contributed by atoms with Gasteiger partial charge in [-0.15, -0.1) is 0 Å². The Bertz CT molecular complexity index is 729. The van der Waals surface area contributed by atoms with E-state index in [9.17, 15) is 0 Å². The number of aryl methyl sites for hydroxylation is 1. The second-order valence-electron chi connectivity index (χ2n) is 5.10. The molecule has 2 heteroatoms. The highest BCUT2D eigenvalue weighted by Crippen LogP contribution is 2.26. The fourth-order valence-corrected chi connectivity index (χ4v) is 2.61. The third kappa shape index (κ3) is 2.37. The molecule has 1 heterocycles. The van der Waals surface area contributed by atoms with Crippen LogP contribution < -0.4 is 5.32 Å². The first kappa shape index (κ1) is 12.7. The van der Waals surface area contributed by atoms with E-state index < -0.39 is 0 Å². The summed E-state index contributed by atoms with van der Waals surface area (Å²) in [7, 11) is 0. The predicted molar refractivity (Wildman–Crippen MR) is 85.0 cm³/mol. The first-order valence-corrected chi connectivity index (χ1v) is 6.91. The van der Waals surface area contributed by atoms with Crippen molar-refractivity contribution in [2.45, 2.75) is 19.9 Å². The van der Waals surface area contributed by atoms with Crippen LogP contribution in [0.15, 0.2) is 60.8 Å². The second kappa shape index (κ2) is 5.33. The number of para-hydroxylation sites is 1. The van der Waals surface area contributed by atoms with E-state index in [0.717, 1.165) is 16.6 Å². The number of hydrogen-bond donors (Lipinski definition) is 1. The van der Waals surface area contributed by atoms with Crippen LogP contribution in [0.4, 0.5) is 5.69 Å².